The lowest BCUT2D eigenvalue weighted by Crippen LogP contribution is -2.39. The molecular weight excluding hydrogens is 735 g/mol. The summed E-state index contributed by atoms with van der Waals surface area (Å²) in [6.45, 7) is 17.8. The van der Waals surface area contributed by atoms with E-state index < -0.39 is 25.6 Å². The largest absolute Gasteiger partial charge is 0.417 e. The average Bonchev–Trinajstić information content (AvgIpc) is 3.38. The van der Waals surface area contributed by atoms with E-state index in [4.69, 9.17) is 35.8 Å². The van der Waals surface area contributed by atoms with E-state index in [-0.39, 0.29) is 41.4 Å². The van der Waals surface area contributed by atoms with Crippen molar-refractivity contribution in [3.05, 3.63) is 47.1 Å². The summed E-state index contributed by atoms with van der Waals surface area (Å²) in [4.78, 5) is 16.5. The van der Waals surface area contributed by atoms with Crippen molar-refractivity contribution in [1.29, 1.82) is 0 Å². The smallest absolute Gasteiger partial charge is 0.367 e. The van der Waals surface area contributed by atoms with Crippen molar-refractivity contribution in [3.63, 3.8) is 0 Å². The second kappa shape index (κ2) is 15.3. The van der Waals surface area contributed by atoms with Gasteiger partial charge in [0.25, 0.3) is 0 Å². The average molecular weight is 790 g/mol. The highest BCUT2D eigenvalue weighted by Crippen LogP contribution is 2.48. The molecule has 0 amide bonds. The van der Waals surface area contributed by atoms with Crippen molar-refractivity contribution in [2.45, 2.75) is 141 Å². The normalized spacial score (nSPS) is 23.1. The van der Waals surface area contributed by atoms with Crippen LogP contribution in [-0.2, 0) is 33.5 Å². The number of hydrogen-bond acceptors (Lipinski definition) is 8. The van der Waals surface area contributed by atoms with Gasteiger partial charge in [-0.05, 0) is 90.6 Å². The molecule has 3 aromatic heterocycles. The maximum Gasteiger partial charge on any atom is 0.417 e. The number of benzene rings is 1. The number of aromatic nitrogens is 5. The fraction of sp³-hybridized carbons (Fsp3) is 0.667. The van der Waals surface area contributed by atoms with Crippen LogP contribution in [-0.4, -0.2) is 86.8 Å². The predicted octanol–water partition coefficient (Wildman–Crippen LogP) is 9.15. The van der Waals surface area contributed by atoms with Gasteiger partial charge in [0.1, 0.15) is 36.5 Å². The SMILES string of the molecule is CC(C)N(CCCCc1nc2cc(C(F)(F)F)c(Cl)cc2n1COCC[Si](C)(C)C)C[C@H]1CC(n2ccc3c(NC4CC4)ncnc32)[C@@H]2OC(C)(C)O[C@H]12. The van der Waals surface area contributed by atoms with Crippen molar-refractivity contribution < 1.29 is 27.4 Å². The summed E-state index contributed by atoms with van der Waals surface area (Å²) >= 11 is 6.16. The topological polar surface area (TPSA) is 91.5 Å². The summed E-state index contributed by atoms with van der Waals surface area (Å²) in [6, 6.07) is 6.42. The van der Waals surface area contributed by atoms with Crippen LogP contribution in [0.25, 0.3) is 22.1 Å². The van der Waals surface area contributed by atoms with E-state index in [9.17, 15) is 13.2 Å². The third kappa shape index (κ3) is 8.78. The fourth-order valence-corrected chi connectivity index (χ4v) is 9.05. The van der Waals surface area contributed by atoms with Gasteiger partial charge in [0.05, 0.1) is 39.2 Å². The van der Waals surface area contributed by atoms with Gasteiger partial charge >= 0.3 is 6.18 Å². The molecular formula is C39H55ClF3N7O3Si. The minimum atomic E-state index is -4.56. The molecule has 10 nitrogen and oxygen atoms in total. The lowest BCUT2D eigenvalue weighted by atomic mass is 10.0. The lowest BCUT2D eigenvalue weighted by Gasteiger charge is -2.31. The van der Waals surface area contributed by atoms with E-state index in [0.717, 1.165) is 61.3 Å². The van der Waals surface area contributed by atoms with Gasteiger partial charge in [-0.25, -0.2) is 15.0 Å². The first kappa shape index (κ1) is 39.5. The van der Waals surface area contributed by atoms with E-state index >= 15 is 0 Å². The maximum atomic E-state index is 13.7. The zero-order valence-corrected chi connectivity index (χ0v) is 34.3. The molecule has 1 unspecified atom stereocenters. The van der Waals surface area contributed by atoms with Gasteiger partial charge in [0, 0.05) is 51.8 Å². The predicted molar refractivity (Wildman–Crippen MR) is 209 cm³/mol. The summed E-state index contributed by atoms with van der Waals surface area (Å²) < 4.78 is 64.6. The number of unbranched alkanes of at least 4 members (excludes halogenated alkanes) is 1. The van der Waals surface area contributed by atoms with Crippen LogP contribution in [0.2, 0.25) is 30.7 Å². The van der Waals surface area contributed by atoms with Crippen LogP contribution in [0.4, 0.5) is 19.0 Å². The Morgan fingerprint density at radius 3 is 2.57 bits per heavy atom. The van der Waals surface area contributed by atoms with Crippen LogP contribution < -0.4 is 5.32 Å². The lowest BCUT2D eigenvalue weighted by molar-refractivity contribution is -0.161. The molecule has 296 valence electrons. The number of hydrogen-bond donors (Lipinski definition) is 1. The number of ether oxygens (including phenoxy) is 3. The molecule has 15 heteroatoms. The van der Waals surface area contributed by atoms with Crippen LogP contribution >= 0.6 is 11.6 Å². The molecule has 1 N–H and O–H groups in total. The van der Waals surface area contributed by atoms with E-state index in [1.165, 1.54) is 18.9 Å². The molecule has 1 saturated heterocycles. The van der Waals surface area contributed by atoms with Gasteiger partial charge in [0.2, 0.25) is 0 Å². The van der Waals surface area contributed by atoms with E-state index in [1.54, 1.807) is 6.33 Å². The van der Waals surface area contributed by atoms with Crippen molar-refractivity contribution in [2.24, 2.45) is 5.92 Å². The molecule has 0 bridgehead atoms. The van der Waals surface area contributed by atoms with E-state index in [0.29, 0.717) is 36.5 Å². The highest BCUT2D eigenvalue weighted by Gasteiger charge is 2.55. The van der Waals surface area contributed by atoms with Crippen LogP contribution in [0.15, 0.2) is 30.7 Å². The number of imidazole rings is 1. The number of nitrogens with zero attached hydrogens (tertiary/aromatic N) is 6. The number of anilines is 1. The highest BCUT2D eigenvalue weighted by atomic mass is 35.5. The Morgan fingerprint density at radius 1 is 1.11 bits per heavy atom. The van der Waals surface area contributed by atoms with Gasteiger partial charge in [-0.1, -0.05) is 31.2 Å². The summed E-state index contributed by atoms with van der Waals surface area (Å²) in [5.74, 6) is 1.17. The molecule has 0 spiro atoms. The van der Waals surface area contributed by atoms with Crippen LogP contribution in [0.5, 0.6) is 0 Å². The van der Waals surface area contributed by atoms with Crippen molar-refractivity contribution in [3.8, 4) is 0 Å². The molecule has 2 saturated carbocycles. The Balaban J connectivity index is 1.03. The highest BCUT2D eigenvalue weighted by molar-refractivity contribution is 6.76. The van der Waals surface area contributed by atoms with E-state index in [2.05, 4.69) is 65.5 Å². The Bertz CT molecular complexity index is 1940. The van der Waals surface area contributed by atoms with Crippen LogP contribution in [0.1, 0.15) is 77.2 Å². The first-order valence-corrected chi connectivity index (χ1v) is 23.6. The summed E-state index contributed by atoms with van der Waals surface area (Å²) in [5, 5.41) is 4.25. The van der Waals surface area contributed by atoms with Gasteiger partial charge in [-0.3, -0.25) is 0 Å². The van der Waals surface area contributed by atoms with Crippen LogP contribution in [0.3, 0.4) is 0 Å². The monoisotopic (exact) mass is 789 g/mol. The molecule has 1 aliphatic heterocycles. The number of rotatable bonds is 16. The Kier molecular flexibility index (Phi) is 11.2. The number of fused-ring (bicyclic) bond motifs is 3. The molecule has 0 radical (unpaired) electrons. The Labute approximate surface area is 322 Å². The molecule has 3 fully saturated rings. The number of aryl methyl sites for hydroxylation is 1. The fourth-order valence-electron chi connectivity index (χ4n) is 8.02. The van der Waals surface area contributed by atoms with Gasteiger partial charge < -0.3 is 33.6 Å². The summed E-state index contributed by atoms with van der Waals surface area (Å²) in [7, 11) is -1.32. The maximum absolute atomic E-state index is 13.7. The molecule has 54 heavy (non-hydrogen) atoms. The van der Waals surface area contributed by atoms with Crippen molar-refractivity contribution >= 4 is 47.6 Å². The van der Waals surface area contributed by atoms with Gasteiger partial charge in [-0.2, -0.15) is 13.2 Å². The molecule has 3 aliphatic rings. The summed E-state index contributed by atoms with van der Waals surface area (Å²) in [6.07, 6.45) is 4.63. The third-order valence-corrected chi connectivity index (χ3v) is 13.1. The van der Waals surface area contributed by atoms with Crippen LogP contribution in [0, 0.1) is 5.92 Å². The second-order valence-electron chi connectivity index (χ2n) is 17.4. The van der Waals surface area contributed by atoms with E-state index in [1.807, 2.05) is 18.4 Å². The number of alkyl halides is 3. The Morgan fingerprint density at radius 2 is 1.87 bits per heavy atom. The number of nitrogens with one attached hydrogen (secondary N) is 1. The summed E-state index contributed by atoms with van der Waals surface area (Å²) in [5.41, 5.74) is 0.883. The third-order valence-electron chi connectivity index (χ3n) is 11.1. The molecule has 1 aromatic carbocycles. The van der Waals surface area contributed by atoms with Gasteiger partial charge in [-0.15, -0.1) is 0 Å². The first-order valence-electron chi connectivity index (χ1n) is 19.5. The standard InChI is InChI=1S/C39H55ClF3N7O3Si/c1-24(2)48(14-9-8-10-33-47-30-19-28(39(41,42)43)29(40)20-31(30)50(33)23-51-16-17-54(5,6)7)21-25-18-32(35-34(25)52-38(3,4)53-35)49-15-13-27-36(46-26-11-12-26)44-22-45-37(27)49/h13,15,19-20,22,24-26,32,34-35H,8-12,14,16-18,21,23H2,1-7H3,(H,44,45,46)/t25-,32?,34-,35+/m1/s1. The zero-order valence-electron chi connectivity index (χ0n) is 32.5. The zero-order chi connectivity index (χ0) is 38.6. The van der Waals surface area contributed by atoms with Crippen molar-refractivity contribution in [2.75, 3.05) is 25.0 Å². The minimum Gasteiger partial charge on any atom is -0.367 e. The molecule has 2 aliphatic carbocycles. The first-order chi connectivity index (χ1) is 25.5. The minimum absolute atomic E-state index is 0.0520. The quantitative estimate of drug-likeness (QED) is 0.0889. The Hall–Kier alpha value is -2.75. The molecule has 4 heterocycles. The molecule has 4 atom stereocenters. The van der Waals surface area contributed by atoms with Crippen molar-refractivity contribution in [1.82, 2.24) is 29.0 Å². The second-order valence-corrected chi connectivity index (χ2v) is 23.4. The van der Waals surface area contributed by atoms with Gasteiger partial charge in [0.15, 0.2) is 5.79 Å². The number of halogens is 4. The molecule has 4 aromatic rings. The molecule has 7 rings (SSSR count).